The molecule has 25 heavy (non-hydrogen) atoms. The van der Waals surface area contributed by atoms with Crippen molar-refractivity contribution in [3.8, 4) is 0 Å². The number of thiophene rings is 1. The lowest BCUT2D eigenvalue weighted by Gasteiger charge is -2.36. The molecule has 0 spiro atoms. The first-order chi connectivity index (χ1) is 11.9. The molecule has 0 bridgehead atoms. The molecule has 134 valence electrons. The standard InChI is InChI=1S/C17H19Cl2N3OS2/c1-10(2)20-17(24)22-7-5-21(6-8-22)16(23)15-14(19)12-4-3-11(18)9-13(12)25-15/h3-4,9-10H,5-8H2,1-2H3,(H,20,24). The van der Waals surface area contributed by atoms with Crippen molar-refractivity contribution in [3.63, 3.8) is 0 Å². The van der Waals surface area contributed by atoms with E-state index in [2.05, 4.69) is 24.1 Å². The van der Waals surface area contributed by atoms with Gasteiger partial charge in [0, 0.05) is 47.3 Å². The lowest BCUT2D eigenvalue weighted by Crippen LogP contribution is -2.53. The summed E-state index contributed by atoms with van der Waals surface area (Å²) < 4.78 is 0.932. The summed E-state index contributed by atoms with van der Waals surface area (Å²) in [7, 11) is 0. The number of nitrogens with one attached hydrogen (secondary N) is 1. The van der Waals surface area contributed by atoms with Crippen molar-refractivity contribution >= 4 is 67.9 Å². The predicted octanol–water partition coefficient (Wildman–Crippen LogP) is 4.25. The Labute approximate surface area is 166 Å². The van der Waals surface area contributed by atoms with Crippen molar-refractivity contribution in [2.45, 2.75) is 19.9 Å². The molecule has 0 radical (unpaired) electrons. The summed E-state index contributed by atoms with van der Waals surface area (Å²) in [4.78, 5) is 17.4. The quantitative estimate of drug-likeness (QED) is 0.743. The Hall–Kier alpha value is -1.08. The van der Waals surface area contributed by atoms with Crippen molar-refractivity contribution in [3.05, 3.63) is 33.1 Å². The maximum Gasteiger partial charge on any atom is 0.265 e. The van der Waals surface area contributed by atoms with Gasteiger partial charge in [-0.15, -0.1) is 11.3 Å². The third-order valence-electron chi connectivity index (χ3n) is 4.05. The van der Waals surface area contributed by atoms with Gasteiger partial charge in [-0.1, -0.05) is 29.3 Å². The van der Waals surface area contributed by atoms with Crippen LogP contribution in [0.1, 0.15) is 23.5 Å². The Morgan fingerprint density at radius 1 is 1.20 bits per heavy atom. The summed E-state index contributed by atoms with van der Waals surface area (Å²) in [6.07, 6.45) is 0. The number of rotatable bonds is 2. The number of piperazine rings is 1. The van der Waals surface area contributed by atoms with E-state index in [1.54, 1.807) is 6.07 Å². The van der Waals surface area contributed by atoms with E-state index in [1.165, 1.54) is 11.3 Å². The summed E-state index contributed by atoms with van der Waals surface area (Å²) in [6.45, 7) is 6.81. The highest BCUT2D eigenvalue weighted by Gasteiger charge is 2.27. The van der Waals surface area contributed by atoms with Gasteiger partial charge in [0.25, 0.3) is 5.91 Å². The van der Waals surface area contributed by atoms with Crippen LogP contribution in [-0.2, 0) is 0 Å². The van der Waals surface area contributed by atoms with Crippen molar-refractivity contribution in [1.29, 1.82) is 0 Å². The fourth-order valence-electron chi connectivity index (χ4n) is 2.77. The summed E-state index contributed by atoms with van der Waals surface area (Å²) in [5.74, 6) is -0.0234. The molecule has 1 aromatic heterocycles. The van der Waals surface area contributed by atoms with Crippen molar-refractivity contribution < 1.29 is 4.79 Å². The molecule has 0 atom stereocenters. The van der Waals surface area contributed by atoms with E-state index in [0.29, 0.717) is 34.1 Å². The molecule has 1 N–H and O–H groups in total. The second-order valence-corrected chi connectivity index (χ2v) is 8.52. The van der Waals surface area contributed by atoms with E-state index in [0.717, 1.165) is 28.3 Å². The van der Waals surface area contributed by atoms with Crippen LogP contribution in [0.15, 0.2) is 18.2 Å². The molecule has 1 fully saturated rings. The fraction of sp³-hybridized carbons (Fsp3) is 0.412. The number of carbonyl (C=O) groups is 1. The van der Waals surface area contributed by atoms with Crippen molar-refractivity contribution in [2.24, 2.45) is 0 Å². The number of halogens is 2. The first-order valence-corrected chi connectivity index (χ1v) is 10.1. The van der Waals surface area contributed by atoms with Crippen molar-refractivity contribution in [1.82, 2.24) is 15.1 Å². The van der Waals surface area contributed by atoms with Gasteiger partial charge in [0.2, 0.25) is 0 Å². The van der Waals surface area contributed by atoms with Gasteiger partial charge in [-0.3, -0.25) is 4.79 Å². The van der Waals surface area contributed by atoms with E-state index in [1.807, 2.05) is 17.0 Å². The Morgan fingerprint density at radius 2 is 1.84 bits per heavy atom. The van der Waals surface area contributed by atoms with Crippen LogP contribution in [-0.4, -0.2) is 53.0 Å². The minimum atomic E-state index is -0.0234. The highest BCUT2D eigenvalue weighted by atomic mass is 35.5. The van der Waals surface area contributed by atoms with Gasteiger partial charge in [-0.05, 0) is 38.2 Å². The molecule has 1 aliphatic heterocycles. The highest BCUT2D eigenvalue weighted by Crippen LogP contribution is 2.37. The molecule has 8 heteroatoms. The maximum absolute atomic E-state index is 12.9. The Bertz CT molecular complexity index is 814. The molecule has 1 saturated heterocycles. The van der Waals surface area contributed by atoms with Gasteiger partial charge in [0.1, 0.15) is 4.88 Å². The number of hydrogen-bond acceptors (Lipinski definition) is 3. The van der Waals surface area contributed by atoms with Crippen LogP contribution in [0, 0.1) is 0 Å². The third-order valence-corrected chi connectivity index (χ3v) is 6.31. The smallest absolute Gasteiger partial charge is 0.265 e. The molecule has 4 nitrogen and oxygen atoms in total. The Morgan fingerprint density at radius 3 is 2.48 bits per heavy atom. The highest BCUT2D eigenvalue weighted by molar-refractivity contribution is 7.80. The summed E-state index contributed by atoms with van der Waals surface area (Å²) in [6, 6.07) is 5.80. The number of fused-ring (bicyclic) bond motifs is 1. The van der Waals surface area contributed by atoms with Crippen molar-refractivity contribution in [2.75, 3.05) is 26.2 Å². The molecule has 0 saturated carbocycles. The van der Waals surface area contributed by atoms with Crippen LogP contribution in [0.3, 0.4) is 0 Å². The van der Waals surface area contributed by atoms with Crippen LogP contribution in [0.4, 0.5) is 0 Å². The Kier molecular flexibility index (Phi) is 5.73. The summed E-state index contributed by atoms with van der Waals surface area (Å²) >= 11 is 19.3. The number of carbonyl (C=O) groups excluding carboxylic acids is 1. The Balaban J connectivity index is 1.71. The zero-order chi connectivity index (χ0) is 18.1. The number of amides is 1. The van der Waals surface area contributed by atoms with Gasteiger partial charge in [0.15, 0.2) is 5.11 Å². The first-order valence-electron chi connectivity index (χ1n) is 8.09. The lowest BCUT2D eigenvalue weighted by molar-refractivity contribution is 0.0696. The van der Waals surface area contributed by atoms with E-state index < -0.39 is 0 Å². The molecule has 0 aliphatic carbocycles. The van der Waals surface area contributed by atoms with Crippen LogP contribution in [0.2, 0.25) is 10.0 Å². The molecule has 2 aromatic rings. The van der Waals surface area contributed by atoms with E-state index in [9.17, 15) is 4.79 Å². The van der Waals surface area contributed by atoms with E-state index in [-0.39, 0.29) is 5.91 Å². The van der Waals surface area contributed by atoms with E-state index in [4.69, 9.17) is 35.4 Å². The van der Waals surface area contributed by atoms with E-state index >= 15 is 0 Å². The largest absolute Gasteiger partial charge is 0.360 e. The van der Waals surface area contributed by atoms with Gasteiger partial charge in [-0.25, -0.2) is 0 Å². The van der Waals surface area contributed by atoms with Gasteiger partial charge in [-0.2, -0.15) is 0 Å². The second kappa shape index (κ2) is 7.66. The molecule has 3 rings (SSSR count). The minimum absolute atomic E-state index is 0.0234. The van der Waals surface area contributed by atoms with Gasteiger partial charge >= 0.3 is 0 Å². The molecule has 1 amide bonds. The zero-order valence-electron chi connectivity index (χ0n) is 14.0. The molecule has 1 aliphatic rings. The molecule has 1 aromatic carbocycles. The summed E-state index contributed by atoms with van der Waals surface area (Å²) in [5.41, 5.74) is 0. The molecular formula is C17H19Cl2N3OS2. The maximum atomic E-state index is 12.9. The molecule has 2 heterocycles. The number of nitrogens with zero attached hydrogens (tertiary/aromatic N) is 2. The van der Waals surface area contributed by atoms with Crippen LogP contribution in [0.5, 0.6) is 0 Å². The van der Waals surface area contributed by atoms with Gasteiger partial charge in [0.05, 0.1) is 5.02 Å². The average Bonchev–Trinajstić information content (AvgIpc) is 2.89. The van der Waals surface area contributed by atoms with Gasteiger partial charge < -0.3 is 15.1 Å². The third kappa shape index (κ3) is 4.03. The monoisotopic (exact) mass is 415 g/mol. The zero-order valence-corrected chi connectivity index (χ0v) is 17.2. The average molecular weight is 416 g/mol. The first kappa shape index (κ1) is 18.7. The topological polar surface area (TPSA) is 35.6 Å². The SMILES string of the molecule is CC(C)NC(=S)N1CCN(C(=O)c2sc3cc(Cl)ccc3c2Cl)CC1. The van der Waals surface area contributed by atoms with Crippen LogP contribution in [0.25, 0.3) is 10.1 Å². The summed E-state index contributed by atoms with van der Waals surface area (Å²) in [5, 5.41) is 6.02. The number of hydrogen-bond donors (Lipinski definition) is 1. The fourth-order valence-corrected chi connectivity index (χ4v) is 4.95. The van der Waals surface area contributed by atoms with Crippen LogP contribution >= 0.6 is 46.8 Å². The van der Waals surface area contributed by atoms with Crippen LogP contribution < -0.4 is 5.32 Å². The number of thiocarbonyl (C=S) groups is 1. The molecule has 0 unspecified atom stereocenters. The molecular weight excluding hydrogens is 397 g/mol. The second-order valence-electron chi connectivity index (χ2n) is 6.27. The minimum Gasteiger partial charge on any atom is -0.360 e. The predicted molar refractivity (Wildman–Crippen MR) is 110 cm³/mol. The number of benzene rings is 1. The lowest BCUT2D eigenvalue weighted by atomic mass is 10.2. The normalized spacial score (nSPS) is 15.1.